The van der Waals surface area contributed by atoms with Gasteiger partial charge in [-0.05, 0) is 44.2 Å². The lowest BCUT2D eigenvalue weighted by Gasteiger charge is -2.43. The average molecular weight is 237 g/mol. The molecule has 1 saturated heterocycles. The molecule has 1 unspecified atom stereocenters. The normalized spacial score (nSPS) is 28.9. The maximum absolute atomic E-state index is 11.6. The number of carbonyl (C=O) groups excluding carboxylic acids is 1. The first-order valence-electron chi connectivity index (χ1n) is 6.56. The van der Waals surface area contributed by atoms with Crippen LogP contribution < -0.4 is 0 Å². The van der Waals surface area contributed by atoms with Gasteiger partial charge in [-0.15, -0.1) is 0 Å². The monoisotopic (exact) mass is 237 g/mol. The highest BCUT2D eigenvalue weighted by atomic mass is 16.5. The van der Waals surface area contributed by atoms with E-state index >= 15 is 0 Å². The molecule has 0 aromatic rings. The van der Waals surface area contributed by atoms with Gasteiger partial charge in [0.1, 0.15) is 0 Å². The van der Waals surface area contributed by atoms with Crippen molar-refractivity contribution in [3.8, 4) is 0 Å². The van der Waals surface area contributed by atoms with Crippen molar-refractivity contribution in [1.82, 2.24) is 4.90 Å². The fourth-order valence-electron chi connectivity index (χ4n) is 3.24. The molecule has 0 radical (unpaired) electrons. The van der Waals surface area contributed by atoms with E-state index in [0.29, 0.717) is 6.04 Å². The van der Waals surface area contributed by atoms with Crippen LogP contribution in [0.5, 0.6) is 0 Å². The molecule has 0 N–H and O–H groups in total. The Morgan fingerprint density at radius 1 is 1.41 bits per heavy atom. The van der Waals surface area contributed by atoms with Crippen LogP contribution in [-0.4, -0.2) is 37.1 Å². The Morgan fingerprint density at radius 3 is 2.59 bits per heavy atom. The molecular weight excluding hydrogens is 214 g/mol. The minimum atomic E-state index is -0.155. The lowest BCUT2D eigenvalue weighted by Crippen LogP contribution is -2.46. The molecule has 0 aromatic heterocycles. The lowest BCUT2D eigenvalue weighted by atomic mass is 9.72. The maximum atomic E-state index is 11.6. The van der Waals surface area contributed by atoms with Crippen molar-refractivity contribution in [2.45, 2.75) is 45.6 Å². The van der Waals surface area contributed by atoms with Crippen molar-refractivity contribution >= 4 is 5.97 Å². The van der Waals surface area contributed by atoms with Gasteiger partial charge in [-0.2, -0.15) is 0 Å². The van der Waals surface area contributed by atoms with Crippen molar-refractivity contribution < 1.29 is 9.53 Å². The van der Waals surface area contributed by atoms with E-state index in [4.69, 9.17) is 4.74 Å². The van der Waals surface area contributed by atoms with Gasteiger partial charge < -0.3 is 4.74 Å². The fourth-order valence-corrected chi connectivity index (χ4v) is 3.24. The summed E-state index contributed by atoms with van der Waals surface area (Å²) in [6.45, 7) is 6.98. The molecule has 0 bridgehead atoms. The summed E-state index contributed by atoms with van der Waals surface area (Å²) < 4.78 is 4.82. The summed E-state index contributed by atoms with van der Waals surface area (Å²) in [7, 11) is 1.46. The molecule has 2 rings (SSSR count). The summed E-state index contributed by atoms with van der Waals surface area (Å²) in [5, 5.41) is 0. The standard InChI is InChI=1S/C14H23NO2/c1-14(2)10-11(13(16)17-3)6-7-12(14)15-8-4-5-9-15/h6,12H,4-5,7-10H2,1-3H3. The highest BCUT2D eigenvalue weighted by Crippen LogP contribution is 2.40. The van der Waals surface area contributed by atoms with Crippen LogP contribution in [0.25, 0.3) is 0 Å². The van der Waals surface area contributed by atoms with Crippen molar-refractivity contribution in [3.63, 3.8) is 0 Å². The van der Waals surface area contributed by atoms with Crippen LogP contribution in [0.2, 0.25) is 0 Å². The number of carbonyl (C=O) groups is 1. The van der Waals surface area contributed by atoms with Crippen LogP contribution in [0.4, 0.5) is 0 Å². The topological polar surface area (TPSA) is 29.5 Å². The number of hydrogen-bond acceptors (Lipinski definition) is 3. The van der Waals surface area contributed by atoms with Crippen molar-refractivity contribution in [1.29, 1.82) is 0 Å². The number of likely N-dealkylation sites (tertiary alicyclic amines) is 1. The van der Waals surface area contributed by atoms with E-state index in [1.54, 1.807) is 0 Å². The summed E-state index contributed by atoms with van der Waals surface area (Å²) >= 11 is 0. The third-order valence-electron chi connectivity index (χ3n) is 4.16. The number of methoxy groups -OCH3 is 1. The molecule has 0 spiro atoms. The smallest absolute Gasteiger partial charge is 0.333 e. The van der Waals surface area contributed by atoms with E-state index in [0.717, 1.165) is 18.4 Å². The molecule has 3 heteroatoms. The molecule has 3 nitrogen and oxygen atoms in total. The second-order valence-corrected chi connectivity index (χ2v) is 5.88. The zero-order valence-electron chi connectivity index (χ0n) is 11.2. The molecular formula is C14H23NO2. The van der Waals surface area contributed by atoms with Gasteiger partial charge in [0.05, 0.1) is 7.11 Å². The molecule has 0 aromatic carbocycles. The molecule has 17 heavy (non-hydrogen) atoms. The van der Waals surface area contributed by atoms with Gasteiger partial charge in [0.15, 0.2) is 0 Å². The van der Waals surface area contributed by atoms with E-state index in [9.17, 15) is 4.79 Å². The van der Waals surface area contributed by atoms with Crippen molar-refractivity contribution in [2.24, 2.45) is 5.41 Å². The summed E-state index contributed by atoms with van der Waals surface area (Å²) in [6.07, 6.45) is 6.54. The number of ether oxygens (including phenoxy) is 1. The Morgan fingerprint density at radius 2 is 2.06 bits per heavy atom. The largest absolute Gasteiger partial charge is 0.466 e. The Kier molecular flexibility index (Phi) is 3.57. The second-order valence-electron chi connectivity index (χ2n) is 5.88. The molecule has 1 atom stereocenters. The first-order valence-corrected chi connectivity index (χ1v) is 6.56. The zero-order chi connectivity index (χ0) is 12.5. The number of hydrogen-bond donors (Lipinski definition) is 0. The summed E-state index contributed by atoms with van der Waals surface area (Å²) in [4.78, 5) is 14.2. The highest BCUT2D eigenvalue weighted by Gasteiger charge is 2.39. The fraction of sp³-hybridized carbons (Fsp3) is 0.786. The van der Waals surface area contributed by atoms with Crippen LogP contribution in [0.1, 0.15) is 39.5 Å². The molecule has 0 saturated carbocycles. The number of rotatable bonds is 2. The van der Waals surface area contributed by atoms with Crippen LogP contribution in [0.15, 0.2) is 11.6 Å². The van der Waals surface area contributed by atoms with Crippen LogP contribution in [0.3, 0.4) is 0 Å². The van der Waals surface area contributed by atoms with Gasteiger partial charge in [0.25, 0.3) is 0 Å². The predicted molar refractivity (Wildman–Crippen MR) is 67.7 cm³/mol. The van der Waals surface area contributed by atoms with Crippen LogP contribution in [-0.2, 0) is 9.53 Å². The highest BCUT2D eigenvalue weighted by molar-refractivity contribution is 5.88. The second kappa shape index (κ2) is 4.81. The minimum absolute atomic E-state index is 0.155. The molecule has 96 valence electrons. The molecule has 1 heterocycles. The minimum Gasteiger partial charge on any atom is -0.466 e. The van der Waals surface area contributed by atoms with Crippen molar-refractivity contribution in [2.75, 3.05) is 20.2 Å². The Balaban J connectivity index is 2.11. The van der Waals surface area contributed by atoms with Crippen molar-refractivity contribution in [3.05, 3.63) is 11.6 Å². The number of esters is 1. The molecule has 0 amide bonds. The summed E-state index contributed by atoms with van der Waals surface area (Å²) in [5.74, 6) is -0.155. The van der Waals surface area contributed by atoms with Gasteiger partial charge >= 0.3 is 5.97 Å². The molecule has 2 aliphatic rings. The summed E-state index contributed by atoms with van der Waals surface area (Å²) in [5.41, 5.74) is 1.02. The average Bonchev–Trinajstić information content (AvgIpc) is 2.79. The van der Waals surface area contributed by atoms with E-state index in [1.807, 2.05) is 0 Å². The van der Waals surface area contributed by atoms with Gasteiger partial charge in [-0.3, -0.25) is 4.90 Å². The van der Waals surface area contributed by atoms with E-state index in [1.165, 1.54) is 33.0 Å². The number of nitrogens with zero attached hydrogens (tertiary/aromatic N) is 1. The Hall–Kier alpha value is -0.830. The SMILES string of the molecule is COC(=O)C1=CCC(N2CCCC2)C(C)(C)C1. The predicted octanol–water partition coefficient (Wildman–Crippen LogP) is 2.37. The Labute approximate surface area is 104 Å². The van der Waals surface area contributed by atoms with E-state index < -0.39 is 0 Å². The van der Waals surface area contributed by atoms with Gasteiger partial charge in [-0.25, -0.2) is 4.79 Å². The summed E-state index contributed by atoms with van der Waals surface area (Å²) in [6, 6.07) is 0.582. The zero-order valence-corrected chi connectivity index (χ0v) is 11.2. The van der Waals surface area contributed by atoms with E-state index in [2.05, 4.69) is 24.8 Å². The first kappa shape index (κ1) is 12.6. The third kappa shape index (κ3) is 2.54. The lowest BCUT2D eigenvalue weighted by molar-refractivity contribution is -0.136. The quantitative estimate of drug-likeness (QED) is 0.691. The van der Waals surface area contributed by atoms with Gasteiger partial charge in [-0.1, -0.05) is 19.9 Å². The van der Waals surface area contributed by atoms with E-state index in [-0.39, 0.29) is 11.4 Å². The molecule has 1 aliphatic carbocycles. The Bertz CT molecular complexity index is 327. The maximum Gasteiger partial charge on any atom is 0.333 e. The van der Waals surface area contributed by atoms with Crippen LogP contribution in [0, 0.1) is 5.41 Å². The molecule has 1 aliphatic heterocycles. The first-order chi connectivity index (χ1) is 8.04. The van der Waals surface area contributed by atoms with Gasteiger partial charge in [0, 0.05) is 11.6 Å². The molecule has 1 fully saturated rings. The third-order valence-corrected chi connectivity index (χ3v) is 4.16. The van der Waals surface area contributed by atoms with Gasteiger partial charge in [0.2, 0.25) is 0 Å². The van der Waals surface area contributed by atoms with Crippen LogP contribution >= 0.6 is 0 Å².